The van der Waals surface area contributed by atoms with Crippen LogP contribution in [0, 0.1) is 6.92 Å². The Hall–Kier alpha value is -1.98. The number of aromatic nitrogens is 1. The van der Waals surface area contributed by atoms with E-state index in [4.69, 9.17) is 0 Å². The number of carbonyl (C=O) groups excluding carboxylic acids is 1. The van der Waals surface area contributed by atoms with Crippen LogP contribution in [0.2, 0.25) is 0 Å². The number of nitrogens with zero attached hydrogens (tertiary/aromatic N) is 1. The standard InChI is InChI=1S/C16H14N2OS2/c1-11-17-15(10-21-11)12-4-2-5-13(8-12)18-16(19)9-14-6-3-7-20-14/h2-8,10H,9H2,1H3,(H,18,19). The molecular formula is C16H14N2OS2. The molecule has 0 aliphatic rings. The lowest BCUT2D eigenvalue weighted by Gasteiger charge is -2.06. The van der Waals surface area contributed by atoms with Crippen molar-refractivity contribution in [3.63, 3.8) is 0 Å². The molecule has 0 atom stereocenters. The highest BCUT2D eigenvalue weighted by Gasteiger charge is 2.07. The predicted molar refractivity (Wildman–Crippen MR) is 88.9 cm³/mol. The van der Waals surface area contributed by atoms with Gasteiger partial charge in [-0.1, -0.05) is 18.2 Å². The van der Waals surface area contributed by atoms with Crippen molar-refractivity contribution in [1.29, 1.82) is 0 Å². The van der Waals surface area contributed by atoms with E-state index >= 15 is 0 Å². The van der Waals surface area contributed by atoms with E-state index in [0.717, 1.165) is 26.8 Å². The summed E-state index contributed by atoms with van der Waals surface area (Å²) in [5.74, 6) is 0.00376. The van der Waals surface area contributed by atoms with Crippen LogP contribution in [0.1, 0.15) is 9.88 Å². The summed E-state index contributed by atoms with van der Waals surface area (Å²) in [6.07, 6.45) is 0.414. The summed E-state index contributed by atoms with van der Waals surface area (Å²) >= 11 is 3.22. The van der Waals surface area contributed by atoms with Crippen molar-refractivity contribution in [2.24, 2.45) is 0 Å². The van der Waals surface area contributed by atoms with Crippen LogP contribution in [0.4, 0.5) is 5.69 Å². The summed E-state index contributed by atoms with van der Waals surface area (Å²) in [6.45, 7) is 1.99. The molecule has 106 valence electrons. The zero-order valence-corrected chi connectivity index (χ0v) is 13.1. The summed E-state index contributed by atoms with van der Waals surface area (Å²) in [7, 11) is 0. The van der Waals surface area contributed by atoms with Gasteiger partial charge in [0.2, 0.25) is 5.91 Å². The summed E-state index contributed by atoms with van der Waals surface area (Å²) in [5, 5.41) is 7.99. The topological polar surface area (TPSA) is 42.0 Å². The lowest BCUT2D eigenvalue weighted by molar-refractivity contribution is -0.115. The second-order valence-electron chi connectivity index (χ2n) is 4.64. The van der Waals surface area contributed by atoms with Gasteiger partial charge in [0, 0.05) is 21.5 Å². The van der Waals surface area contributed by atoms with E-state index in [2.05, 4.69) is 10.3 Å². The lowest BCUT2D eigenvalue weighted by atomic mass is 10.1. The number of thiophene rings is 1. The van der Waals surface area contributed by atoms with Gasteiger partial charge in [-0.2, -0.15) is 0 Å². The van der Waals surface area contributed by atoms with Crippen LogP contribution in [0.3, 0.4) is 0 Å². The molecule has 2 heterocycles. The number of aryl methyl sites for hydroxylation is 1. The van der Waals surface area contributed by atoms with Crippen LogP contribution in [-0.4, -0.2) is 10.9 Å². The maximum Gasteiger partial charge on any atom is 0.229 e. The van der Waals surface area contributed by atoms with Crippen molar-refractivity contribution in [3.8, 4) is 11.3 Å². The number of hydrogen-bond donors (Lipinski definition) is 1. The average Bonchev–Trinajstić information content (AvgIpc) is 3.10. The maximum absolute atomic E-state index is 12.0. The highest BCUT2D eigenvalue weighted by atomic mass is 32.1. The van der Waals surface area contributed by atoms with Crippen LogP contribution in [0.15, 0.2) is 47.2 Å². The molecule has 0 saturated carbocycles. The summed E-state index contributed by atoms with van der Waals surface area (Å²) in [5.41, 5.74) is 2.78. The number of nitrogens with one attached hydrogen (secondary N) is 1. The molecule has 21 heavy (non-hydrogen) atoms. The van der Waals surface area contributed by atoms with Crippen LogP contribution < -0.4 is 5.32 Å². The molecule has 0 unspecified atom stereocenters. The van der Waals surface area contributed by atoms with Crippen LogP contribution in [0.25, 0.3) is 11.3 Å². The normalized spacial score (nSPS) is 10.5. The number of thiazole rings is 1. The number of rotatable bonds is 4. The van der Waals surface area contributed by atoms with Crippen molar-refractivity contribution in [2.75, 3.05) is 5.32 Å². The van der Waals surface area contributed by atoms with Gasteiger partial charge in [0.1, 0.15) is 0 Å². The minimum Gasteiger partial charge on any atom is -0.326 e. The van der Waals surface area contributed by atoms with E-state index < -0.39 is 0 Å². The third-order valence-electron chi connectivity index (χ3n) is 2.98. The molecule has 3 rings (SSSR count). The Morgan fingerprint density at radius 2 is 2.14 bits per heavy atom. The van der Waals surface area contributed by atoms with Crippen molar-refractivity contribution < 1.29 is 4.79 Å². The van der Waals surface area contributed by atoms with E-state index in [1.54, 1.807) is 22.7 Å². The number of carbonyl (C=O) groups is 1. The van der Waals surface area contributed by atoms with Crippen LogP contribution in [0.5, 0.6) is 0 Å². The first-order chi connectivity index (χ1) is 10.2. The molecule has 0 aliphatic heterocycles. The molecule has 1 N–H and O–H groups in total. The first kappa shape index (κ1) is 14.0. The summed E-state index contributed by atoms with van der Waals surface area (Å²) in [6, 6.07) is 11.7. The summed E-state index contributed by atoms with van der Waals surface area (Å²) < 4.78 is 0. The first-order valence-corrected chi connectivity index (χ1v) is 8.31. The van der Waals surface area contributed by atoms with Crippen molar-refractivity contribution in [3.05, 3.63) is 57.0 Å². The van der Waals surface area contributed by atoms with Gasteiger partial charge in [0.15, 0.2) is 0 Å². The third kappa shape index (κ3) is 3.56. The van der Waals surface area contributed by atoms with Gasteiger partial charge in [-0.3, -0.25) is 4.79 Å². The van der Waals surface area contributed by atoms with Crippen LogP contribution >= 0.6 is 22.7 Å². The molecule has 2 aromatic heterocycles. The number of amides is 1. The Morgan fingerprint density at radius 3 is 2.86 bits per heavy atom. The molecule has 0 bridgehead atoms. The minimum atomic E-state index is 0.00376. The molecule has 1 amide bonds. The fourth-order valence-electron chi connectivity index (χ4n) is 2.03. The molecule has 5 heteroatoms. The van der Waals surface area contributed by atoms with Crippen molar-refractivity contribution in [1.82, 2.24) is 4.98 Å². The van der Waals surface area contributed by atoms with E-state index in [-0.39, 0.29) is 5.91 Å². The predicted octanol–water partition coefficient (Wildman–Crippen LogP) is 4.36. The fourth-order valence-corrected chi connectivity index (χ4v) is 3.35. The quantitative estimate of drug-likeness (QED) is 0.777. The summed E-state index contributed by atoms with van der Waals surface area (Å²) in [4.78, 5) is 17.6. The molecule has 0 radical (unpaired) electrons. The average molecular weight is 314 g/mol. The van der Waals surface area contributed by atoms with Gasteiger partial charge in [0.25, 0.3) is 0 Å². The number of hydrogen-bond acceptors (Lipinski definition) is 4. The maximum atomic E-state index is 12.0. The Kier molecular flexibility index (Phi) is 4.13. The molecule has 0 fully saturated rings. The highest BCUT2D eigenvalue weighted by Crippen LogP contribution is 2.24. The largest absolute Gasteiger partial charge is 0.326 e. The van der Waals surface area contributed by atoms with Crippen molar-refractivity contribution in [2.45, 2.75) is 13.3 Å². The molecule has 0 saturated heterocycles. The molecular weight excluding hydrogens is 300 g/mol. The number of anilines is 1. The number of benzene rings is 1. The third-order valence-corrected chi connectivity index (χ3v) is 4.63. The van der Waals surface area contributed by atoms with E-state index in [9.17, 15) is 4.79 Å². The SMILES string of the molecule is Cc1nc(-c2cccc(NC(=O)Cc3cccs3)c2)cs1. The smallest absolute Gasteiger partial charge is 0.229 e. The Morgan fingerprint density at radius 1 is 1.24 bits per heavy atom. The highest BCUT2D eigenvalue weighted by molar-refractivity contribution is 7.10. The van der Waals surface area contributed by atoms with Gasteiger partial charge >= 0.3 is 0 Å². The second-order valence-corrected chi connectivity index (χ2v) is 6.73. The molecule has 1 aromatic carbocycles. The van der Waals surface area contributed by atoms with Crippen LogP contribution in [-0.2, 0) is 11.2 Å². The van der Waals surface area contributed by atoms with Crippen molar-refractivity contribution >= 4 is 34.3 Å². The molecule has 0 spiro atoms. The van der Waals surface area contributed by atoms with Gasteiger partial charge in [0.05, 0.1) is 17.1 Å². The monoisotopic (exact) mass is 314 g/mol. The van der Waals surface area contributed by atoms with E-state index in [1.807, 2.05) is 54.1 Å². The zero-order valence-electron chi connectivity index (χ0n) is 11.5. The van der Waals surface area contributed by atoms with Gasteiger partial charge in [-0.05, 0) is 30.5 Å². The molecule has 0 aliphatic carbocycles. The fraction of sp³-hybridized carbons (Fsp3) is 0.125. The Bertz CT molecular complexity index is 747. The van der Waals surface area contributed by atoms with Gasteiger partial charge in [-0.25, -0.2) is 4.98 Å². The lowest BCUT2D eigenvalue weighted by Crippen LogP contribution is -2.13. The molecule has 3 nitrogen and oxygen atoms in total. The molecule has 3 aromatic rings. The van der Waals surface area contributed by atoms with E-state index in [1.165, 1.54) is 0 Å². The van der Waals surface area contributed by atoms with Gasteiger partial charge < -0.3 is 5.32 Å². The van der Waals surface area contributed by atoms with Gasteiger partial charge in [-0.15, -0.1) is 22.7 Å². The Balaban J connectivity index is 1.72. The van der Waals surface area contributed by atoms with E-state index in [0.29, 0.717) is 6.42 Å². The minimum absolute atomic E-state index is 0.00376. The Labute approximate surface area is 131 Å². The zero-order chi connectivity index (χ0) is 14.7. The first-order valence-electron chi connectivity index (χ1n) is 6.55. The second kappa shape index (κ2) is 6.20.